The third-order valence-corrected chi connectivity index (χ3v) is 5.66. The van der Waals surface area contributed by atoms with Crippen LogP contribution >= 0.6 is 0 Å². The molecular formula is C26H25N4O+. The van der Waals surface area contributed by atoms with Crippen molar-refractivity contribution in [3.8, 4) is 0 Å². The van der Waals surface area contributed by atoms with Gasteiger partial charge in [-0.1, -0.05) is 54.6 Å². The quantitative estimate of drug-likeness (QED) is 0.472. The molecule has 0 unspecified atom stereocenters. The van der Waals surface area contributed by atoms with E-state index in [1.807, 2.05) is 72.2 Å². The molecule has 154 valence electrons. The number of carbonyl (C=O) groups is 1. The molecule has 1 aliphatic carbocycles. The molecule has 0 bridgehead atoms. The molecule has 2 atom stereocenters. The summed E-state index contributed by atoms with van der Waals surface area (Å²) in [6, 6.07) is 28.4. The Morgan fingerprint density at radius 2 is 1.68 bits per heavy atom. The van der Waals surface area contributed by atoms with Crippen LogP contribution in [0.5, 0.6) is 0 Å². The Hall–Kier alpha value is -3.83. The Kier molecular flexibility index (Phi) is 5.25. The first-order chi connectivity index (χ1) is 15.3. The molecule has 0 spiro atoms. The minimum absolute atomic E-state index is 0.0320. The maximum atomic E-state index is 12.7. The summed E-state index contributed by atoms with van der Waals surface area (Å²) in [4.78, 5) is 12.7. The molecule has 5 rings (SSSR count). The second-order valence-electron chi connectivity index (χ2n) is 7.90. The fourth-order valence-corrected chi connectivity index (χ4v) is 3.88. The van der Waals surface area contributed by atoms with Gasteiger partial charge in [-0.3, -0.25) is 4.79 Å². The molecule has 0 radical (unpaired) electrons. The molecule has 1 aliphatic heterocycles. The predicted octanol–water partition coefficient (Wildman–Crippen LogP) is 3.35. The molecule has 5 nitrogen and oxygen atoms in total. The molecular weight excluding hydrogens is 384 g/mol. The Morgan fingerprint density at radius 1 is 0.903 bits per heavy atom. The van der Waals surface area contributed by atoms with Gasteiger partial charge in [-0.05, 0) is 48.4 Å². The third kappa shape index (κ3) is 4.52. The summed E-state index contributed by atoms with van der Waals surface area (Å²) in [5.74, 6) is 1.25. The molecule has 0 aromatic heterocycles. The van der Waals surface area contributed by atoms with Crippen molar-refractivity contribution in [1.82, 2.24) is 10.7 Å². The predicted molar refractivity (Wildman–Crippen MR) is 123 cm³/mol. The molecule has 1 saturated carbocycles. The van der Waals surface area contributed by atoms with Gasteiger partial charge in [0.1, 0.15) is 0 Å². The Labute approximate surface area is 181 Å². The van der Waals surface area contributed by atoms with Crippen LogP contribution in [-0.4, -0.2) is 11.9 Å². The zero-order chi connectivity index (χ0) is 21.0. The van der Waals surface area contributed by atoms with E-state index in [4.69, 9.17) is 0 Å². The van der Waals surface area contributed by atoms with Gasteiger partial charge in [0, 0.05) is 34.9 Å². The Bertz CT molecular complexity index is 1140. The van der Waals surface area contributed by atoms with Gasteiger partial charge in [0.2, 0.25) is 0 Å². The van der Waals surface area contributed by atoms with Crippen molar-refractivity contribution in [3.05, 3.63) is 120 Å². The fourth-order valence-electron chi connectivity index (χ4n) is 3.88. The lowest BCUT2D eigenvalue weighted by atomic mass is 10.1. The number of carbonyl (C=O) groups excluding carboxylic acids is 1. The van der Waals surface area contributed by atoms with Crippen LogP contribution < -0.4 is 21.5 Å². The number of allylic oxidation sites excluding steroid dienone is 2. The second-order valence-corrected chi connectivity index (χ2v) is 7.90. The monoisotopic (exact) mass is 409 g/mol. The van der Waals surface area contributed by atoms with Crippen LogP contribution in [0.15, 0.2) is 103 Å². The summed E-state index contributed by atoms with van der Waals surface area (Å²) in [6.07, 6.45) is 5.07. The number of nitrogens with two attached hydrogens (primary N) is 1. The molecule has 5 N–H and O–H groups in total. The molecule has 3 aromatic carbocycles. The summed E-state index contributed by atoms with van der Waals surface area (Å²) in [5, 5.41) is 6.51. The van der Waals surface area contributed by atoms with E-state index in [9.17, 15) is 4.79 Å². The summed E-state index contributed by atoms with van der Waals surface area (Å²) in [6.45, 7) is 0. The minimum atomic E-state index is -0.0320. The van der Waals surface area contributed by atoms with Crippen LogP contribution in [0.4, 0.5) is 5.69 Å². The third-order valence-electron chi connectivity index (χ3n) is 5.66. The molecule has 1 fully saturated rings. The first-order valence-corrected chi connectivity index (χ1v) is 10.6. The average molecular weight is 410 g/mol. The summed E-state index contributed by atoms with van der Waals surface area (Å²) in [5.41, 5.74) is 10.4. The van der Waals surface area contributed by atoms with Gasteiger partial charge in [0.05, 0.1) is 0 Å². The van der Waals surface area contributed by atoms with E-state index >= 15 is 0 Å². The SMILES string of the molecule is O=C(N[C@@H]1C[C@H]1c1ccccc1)c1cccc(NC2=CC=C(c3ccccc3)[NH2+]N2)c1. The molecule has 1 amide bonds. The number of nitrogens with one attached hydrogen (secondary N) is 3. The number of hydrogen-bond donors (Lipinski definition) is 4. The normalized spacial score (nSPS) is 19.5. The number of amides is 1. The molecule has 5 heteroatoms. The van der Waals surface area contributed by atoms with E-state index in [-0.39, 0.29) is 11.9 Å². The van der Waals surface area contributed by atoms with Crippen molar-refractivity contribution in [1.29, 1.82) is 0 Å². The topological polar surface area (TPSA) is 69.8 Å². The Morgan fingerprint density at radius 3 is 2.42 bits per heavy atom. The van der Waals surface area contributed by atoms with Crippen LogP contribution in [0.25, 0.3) is 5.70 Å². The van der Waals surface area contributed by atoms with Gasteiger partial charge < -0.3 is 10.6 Å². The lowest BCUT2D eigenvalue weighted by Gasteiger charge is -2.16. The van der Waals surface area contributed by atoms with Gasteiger partial charge in [0.25, 0.3) is 5.91 Å². The lowest BCUT2D eigenvalue weighted by Crippen LogP contribution is -2.91. The lowest BCUT2D eigenvalue weighted by molar-refractivity contribution is -0.618. The van der Waals surface area contributed by atoms with Crippen molar-refractivity contribution in [2.24, 2.45) is 0 Å². The van der Waals surface area contributed by atoms with Gasteiger partial charge >= 0.3 is 0 Å². The smallest absolute Gasteiger partial charge is 0.251 e. The fraction of sp³-hybridized carbons (Fsp3) is 0.115. The maximum Gasteiger partial charge on any atom is 0.251 e. The summed E-state index contributed by atoms with van der Waals surface area (Å²) in [7, 11) is 0. The maximum absolute atomic E-state index is 12.7. The minimum Gasteiger partial charge on any atom is -0.349 e. The highest BCUT2D eigenvalue weighted by Crippen LogP contribution is 2.40. The number of anilines is 1. The highest BCUT2D eigenvalue weighted by atomic mass is 16.1. The first kappa shape index (κ1) is 19.2. The highest BCUT2D eigenvalue weighted by Gasteiger charge is 2.39. The number of benzene rings is 3. The van der Waals surface area contributed by atoms with E-state index in [1.54, 1.807) is 0 Å². The zero-order valence-corrected chi connectivity index (χ0v) is 17.1. The van der Waals surface area contributed by atoms with E-state index in [2.05, 4.69) is 46.4 Å². The van der Waals surface area contributed by atoms with Crippen molar-refractivity contribution < 1.29 is 10.2 Å². The number of quaternary nitrogens is 1. The van der Waals surface area contributed by atoms with E-state index in [0.29, 0.717) is 11.5 Å². The molecule has 3 aromatic rings. The van der Waals surface area contributed by atoms with Gasteiger partial charge in [-0.2, -0.15) is 0 Å². The van der Waals surface area contributed by atoms with Gasteiger partial charge in [0.15, 0.2) is 11.5 Å². The molecule has 31 heavy (non-hydrogen) atoms. The van der Waals surface area contributed by atoms with Crippen molar-refractivity contribution >= 4 is 17.3 Å². The van der Waals surface area contributed by atoms with E-state index in [1.165, 1.54) is 5.56 Å². The molecule has 0 saturated heterocycles. The highest BCUT2D eigenvalue weighted by molar-refractivity contribution is 5.95. The molecule has 1 heterocycles. The van der Waals surface area contributed by atoms with E-state index in [0.717, 1.165) is 29.2 Å². The second kappa shape index (κ2) is 8.50. The van der Waals surface area contributed by atoms with Crippen LogP contribution in [0.3, 0.4) is 0 Å². The van der Waals surface area contributed by atoms with Gasteiger partial charge in [-0.15, -0.1) is 0 Å². The van der Waals surface area contributed by atoms with Crippen molar-refractivity contribution in [2.45, 2.75) is 18.4 Å². The van der Waals surface area contributed by atoms with Crippen molar-refractivity contribution in [3.63, 3.8) is 0 Å². The van der Waals surface area contributed by atoms with Crippen LogP contribution in [0.2, 0.25) is 0 Å². The van der Waals surface area contributed by atoms with Crippen LogP contribution in [0.1, 0.15) is 33.8 Å². The standard InChI is InChI=1S/C26H24N4O/c31-26(28-24-17-22(24)18-8-3-1-4-9-18)20-12-7-13-21(16-20)27-25-15-14-23(29-30-25)19-10-5-2-6-11-19/h1-16,22,24,27,29-30H,17H2,(H,28,31)/p+1/t22-,24+/m0/s1. The van der Waals surface area contributed by atoms with Crippen LogP contribution in [0, 0.1) is 0 Å². The largest absolute Gasteiger partial charge is 0.349 e. The zero-order valence-electron chi connectivity index (χ0n) is 17.1. The summed E-state index contributed by atoms with van der Waals surface area (Å²) < 4.78 is 0. The molecule has 2 aliphatic rings. The summed E-state index contributed by atoms with van der Waals surface area (Å²) >= 11 is 0. The first-order valence-electron chi connectivity index (χ1n) is 10.6. The van der Waals surface area contributed by atoms with Crippen molar-refractivity contribution in [2.75, 3.05) is 5.32 Å². The number of hydrogen-bond acceptors (Lipinski definition) is 3. The van der Waals surface area contributed by atoms with Gasteiger partial charge in [-0.25, -0.2) is 10.9 Å². The van der Waals surface area contributed by atoms with Crippen LogP contribution in [-0.2, 0) is 0 Å². The Balaban J connectivity index is 1.21. The number of rotatable bonds is 6. The average Bonchev–Trinajstić information content (AvgIpc) is 3.60. The van der Waals surface area contributed by atoms with E-state index < -0.39 is 0 Å².